The molecule has 1 aromatic carbocycles. The second-order valence-electron chi connectivity index (χ2n) is 6.62. The fourth-order valence-corrected chi connectivity index (χ4v) is 4.06. The maximum atomic E-state index is 11.3. The van der Waals surface area contributed by atoms with Crippen molar-refractivity contribution in [1.82, 2.24) is 0 Å². The van der Waals surface area contributed by atoms with Crippen molar-refractivity contribution in [3.8, 4) is 0 Å². The zero-order valence-electron chi connectivity index (χ0n) is 12.0. The van der Waals surface area contributed by atoms with Crippen LogP contribution in [0.2, 0.25) is 0 Å². The molecular formula is C18H22O2. The Morgan fingerprint density at radius 3 is 2.70 bits per heavy atom. The number of rotatable bonds is 2. The molecule has 0 unspecified atom stereocenters. The lowest BCUT2D eigenvalue weighted by atomic mass is 9.61. The monoisotopic (exact) mass is 270 g/mol. The largest absolute Gasteiger partial charge is 0.389 e. The molecule has 1 aromatic rings. The van der Waals surface area contributed by atoms with Crippen molar-refractivity contribution in [3.63, 3.8) is 0 Å². The van der Waals surface area contributed by atoms with Gasteiger partial charge in [0.2, 0.25) is 0 Å². The highest BCUT2D eigenvalue weighted by molar-refractivity contribution is 5.58. The van der Waals surface area contributed by atoms with Crippen LogP contribution < -0.4 is 0 Å². The molecule has 0 bridgehead atoms. The molecule has 2 nitrogen and oxygen atoms in total. The molecule has 20 heavy (non-hydrogen) atoms. The minimum atomic E-state index is -0.697. The Bertz CT molecular complexity index is 534. The van der Waals surface area contributed by atoms with E-state index >= 15 is 0 Å². The van der Waals surface area contributed by atoms with Gasteiger partial charge in [0.25, 0.3) is 0 Å². The number of hydrogen-bond donors (Lipinski definition) is 1. The number of aliphatic hydroxyl groups is 1. The number of hydrogen-bond acceptors (Lipinski definition) is 2. The molecule has 1 N–H and O–H groups in total. The van der Waals surface area contributed by atoms with Crippen LogP contribution >= 0.6 is 0 Å². The molecule has 0 heterocycles. The first-order chi connectivity index (χ1) is 9.57. The number of carbonyl (C=O) groups is 1. The first kappa shape index (κ1) is 13.6. The van der Waals surface area contributed by atoms with Crippen LogP contribution in [0, 0.1) is 11.3 Å². The molecule has 2 fully saturated rings. The Morgan fingerprint density at radius 1 is 1.25 bits per heavy atom. The summed E-state index contributed by atoms with van der Waals surface area (Å²) >= 11 is 0. The summed E-state index contributed by atoms with van der Waals surface area (Å²) in [6.07, 6.45) is 7.44. The van der Waals surface area contributed by atoms with E-state index in [1.165, 1.54) is 11.1 Å². The topological polar surface area (TPSA) is 37.3 Å². The van der Waals surface area contributed by atoms with Crippen molar-refractivity contribution in [2.45, 2.75) is 44.6 Å². The molecule has 0 spiro atoms. The van der Waals surface area contributed by atoms with Gasteiger partial charge in [-0.15, -0.1) is 0 Å². The van der Waals surface area contributed by atoms with E-state index in [0.29, 0.717) is 6.42 Å². The fraction of sp³-hybridized carbons (Fsp3) is 0.500. The normalized spacial score (nSPS) is 38.7. The standard InChI is InChI=1S/C18H22O2/c1-17-9-7-15(11-14-5-3-2-4-6-14)12-18(17,20)10-8-16(17)13-19/h2-6,11,13,16,20H,7-10,12H2,1H3/t16-,17-,18+/m1/s1. The highest BCUT2D eigenvalue weighted by Crippen LogP contribution is 2.58. The highest BCUT2D eigenvalue weighted by Gasteiger charge is 2.57. The second kappa shape index (κ2) is 4.85. The third-order valence-corrected chi connectivity index (χ3v) is 5.57. The van der Waals surface area contributed by atoms with E-state index < -0.39 is 5.60 Å². The average molecular weight is 270 g/mol. The molecule has 3 rings (SSSR count). The summed E-state index contributed by atoms with van der Waals surface area (Å²) in [6, 6.07) is 10.3. The number of benzene rings is 1. The number of aldehydes is 1. The summed E-state index contributed by atoms with van der Waals surface area (Å²) in [5.74, 6) is 0.0192. The number of fused-ring (bicyclic) bond motifs is 1. The molecule has 0 amide bonds. The van der Waals surface area contributed by atoms with Crippen LogP contribution in [0.1, 0.15) is 44.6 Å². The Morgan fingerprint density at radius 2 is 2.00 bits per heavy atom. The van der Waals surface area contributed by atoms with Gasteiger partial charge in [0.05, 0.1) is 5.60 Å². The molecule has 2 saturated carbocycles. The molecule has 0 radical (unpaired) electrons. The summed E-state index contributed by atoms with van der Waals surface area (Å²) < 4.78 is 0. The SMILES string of the molecule is C[C@]12CCC(=Cc3ccccc3)C[C@@]1(O)CC[C@@H]2C=O. The maximum Gasteiger partial charge on any atom is 0.123 e. The van der Waals surface area contributed by atoms with Crippen molar-refractivity contribution >= 4 is 12.4 Å². The fourth-order valence-electron chi connectivity index (χ4n) is 4.06. The smallest absolute Gasteiger partial charge is 0.123 e. The molecule has 106 valence electrons. The summed E-state index contributed by atoms with van der Waals surface area (Å²) in [6.45, 7) is 2.10. The molecule has 0 aliphatic heterocycles. The van der Waals surface area contributed by atoms with E-state index in [1.807, 2.05) is 18.2 Å². The minimum absolute atomic E-state index is 0.0192. The van der Waals surface area contributed by atoms with E-state index in [9.17, 15) is 9.90 Å². The van der Waals surface area contributed by atoms with Crippen molar-refractivity contribution < 1.29 is 9.90 Å². The Kier molecular flexibility index (Phi) is 3.29. The summed E-state index contributed by atoms with van der Waals surface area (Å²) in [7, 11) is 0. The van der Waals surface area contributed by atoms with Crippen LogP contribution in [0.25, 0.3) is 6.08 Å². The van der Waals surface area contributed by atoms with Gasteiger partial charge in [-0.25, -0.2) is 0 Å². The first-order valence-corrected chi connectivity index (χ1v) is 7.50. The van der Waals surface area contributed by atoms with Crippen molar-refractivity contribution in [2.75, 3.05) is 0 Å². The van der Waals surface area contributed by atoms with Gasteiger partial charge in [0, 0.05) is 11.3 Å². The molecule has 2 heteroatoms. The first-order valence-electron chi connectivity index (χ1n) is 7.50. The number of carbonyl (C=O) groups excluding carboxylic acids is 1. The van der Waals surface area contributed by atoms with Gasteiger partial charge < -0.3 is 9.90 Å². The molecule has 3 atom stereocenters. The summed E-state index contributed by atoms with van der Waals surface area (Å²) in [5, 5.41) is 11.0. The zero-order chi connectivity index (χ0) is 14.2. The minimum Gasteiger partial charge on any atom is -0.389 e. The van der Waals surface area contributed by atoms with E-state index in [2.05, 4.69) is 25.1 Å². The van der Waals surface area contributed by atoms with Crippen molar-refractivity contribution in [2.24, 2.45) is 11.3 Å². The van der Waals surface area contributed by atoms with Gasteiger partial charge >= 0.3 is 0 Å². The van der Waals surface area contributed by atoms with E-state index in [1.54, 1.807) is 0 Å². The zero-order valence-corrected chi connectivity index (χ0v) is 12.0. The van der Waals surface area contributed by atoms with Crippen LogP contribution in [-0.4, -0.2) is 17.0 Å². The van der Waals surface area contributed by atoms with Gasteiger partial charge in [-0.3, -0.25) is 0 Å². The molecule has 0 saturated heterocycles. The third kappa shape index (κ3) is 2.03. The molecule has 0 aromatic heterocycles. The van der Waals surface area contributed by atoms with Crippen molar-refractivity contribution in [3.05, 3.63) is 41.5 Å². The molecule has 2 aliphatic carbocycles. The Hall–Kier alpha value is -1.41. The Labute approximate surface area is 120 Å². The second-order valence-corrected chi connectivity index (χ2v) is 6.62. The Balaban J connectivity index is 1.86. The molecular weight excluding hydrogens is 248 g/mol. The van der Waals surface area contributed by atoms with Gasteiger partial charge in [-0.2, -0.15) is 0 Å². The van der Waals surface area contributed by atoms with Crippen molar-refractivity contribution in [1.29, 1.82) is 0 Å². The van der Waals surface area contributed by atoms with Crippen LogP contribution in [0.3, 0.4) is 0 Å². The van der Waals surface area contributed by atoms with E-state index in [0.717, 1.165) is 32.0 Å². The summed E-state index contributed by atoms with van der Waals surface area (Å²) in [4.78, 5) is 11.3. The van der Waals surface area contributed by atoms with Crippen LogP contribution in [-0.2, 0) is 4.79 Å². The average Bonchev–Trinajstić information content (AvgIpc) is 2.71. The quantitative estimate of drug-likeness (QED) is 0.834. The van der Waals surface area contributed by atoms with Crippen LogP contribution in [0.5, 0.6) is 0 Å². The highest BCUT2D eigenvalue weighted by atomic mass is 16.3. The van der Waals surface area contributed by atoms with Crippen LogP contribution in [0.15, 0.2) is 35.9 Å². The lowest BCUT2D eigenvalue weighted by Gasteiger charge is -2.46. The van der Waals surface area contributed by atoms with Gasteiger partial charge in [-0.1, -0.05) is 48.9 Å². The van der Waals surface area contributed by atoms with E-state index in [4.69, 9.17) is 0 Å². The van der Waals surface area contributed by atoms with Gasteiger partial charge in [0.1, 0.15) is 6.29 Å². The van der Waals surface area contributed by atoms with Gasteiger partial charge in [0.15, 0.2) is 0 Å². The lowest BCUT2D eigenvalue weighted by Crippen LogP contribution is -2.48. The maximum absolute atomic E-state index is 11.3. The van der Waals surface area contributed by atoms with Crippen LogP contribution in [0.4, 0.5) is 0 Å². The van der Waals surface area contributed by atoms with Gasteiger partial charge in [-0.05, 0) is 37.7 Å². The molecule has 2 aliphatic rings. The predicted molar refractivity (Wildman–Crippen MR) is 80.1 cm³/mol. The third-order valence-electron chi connectivity index (χ3n) is 5.57. The predicted octanol–water partition coefficient (Wildman–Crippen LogP) is 3.60. The lowest BCUT2D eigenvalue weighted by molar-refractivity contribution is -0.123. The summed E-state index contributed by atoms with van der Waals surface area (Å²) in [5.41, 5.74) is 1.57. The van der Waals surface area contributed by atoms with E-state index in [-0.39, 0.29) is 11.3 Å².